The second kappa shape index (κ2) is 7.67. The summed E-state index contributed by atoms with van der Waals surface area (Å²) in [4.78, 5) is 28.3. The maximum Gasteiger partial charge on any atom is 0.236 e. The molecule has 0 bridgehead atoms. The van der Waals surface area contributed by atoms with Crippen molar-refractivity contribution >= 4 is 33.3 Å². The number of nitrogens with one attached hydrogen (secondary N) is 1. The zero-order chi connectivity index (χ0) is 19.0. The summed E-state index contributed by atoms with van der Waals surface area (Å²) in [7, 11) is 0. The molecule has 4 heterocycles. The van der Waals surface area contributed by atoms with Gasteiger partial charge in [0.25, 0.3) is 0 Å². The Kier molecular flexibility index (Phi) is 5.27. The van der Waals surface area contributed by atoms with Gasteiger partial charge in [0, 0.05) is 37.6 Å². The Morgan fingerprint density at radius 1 is 1.30 bits per heavy atom. The average Bonchev–Trinajstić information content (AvgIpc) is 2.96. The van der Waals surface area contributed by atoms with Crippen LogP contribution < -0.4 is 16.0 Å². The number of thiophene rings is 1. The third-order valence-electron chi connectivity index (χ3n) is 5.34. The molecular formula is C18H26N6O2S. The summed E-state index contributed by atoms with van der Waals surface area (Å²) in [6.07, 6.45) is 0. The van der Waals surface area contributed by atoms with Crippen molar-refractivity contribution < 1.29 is 9.53 Å². The molecule has 2 fully saturated rings. The highest BCUT2D eigenvalue weighted by Crippen LogP contribution is 2.35. The number of primary amides is 1. The fourth-order valence-corrected chi connectivity index (χ4v) is 4.71. The Morgan fingerprint density at radius 2 is 2.07 bits per heavy atom. The number of aromatic nitrogens is 2. The van der Waals surface area contributed by atoms with E-state index in [0.717, 1.165) is 54.7 Å². The van der Waals surface area contributed by atoms with E-state index in [4.69, 9.17) is 20.4 Å². The van der Waals surface area contributed by atoms with Gasteiger partial charge in [0.2, 0.25) is 5.91 Å². The number of aryl methyl sites for hydroxylation is 2. The molecule has 2 saturated heterocycles. The lowest BCUT2D eigenvalue weighted by atomic mass is 10.1. The third-order valence-corrected chi connectivity index (χ3v) is 6.44. The largest absolute Gasteiger partial charge is 0.379 e. The molecule has 2 aliphatic rings. The van der Waals surface area contributed by atoms with Crippen molar-refractivity contribution in [1.29, 1.82) is 0 Å². The van der Waals surface area contributed by atoms with E-state index >= 15 is 0 Å². The maximum absolute atomic E-state index is 11.7. The molecule has 0 aromatic carbocycles. The van der Waals surface area contributed by atoms with Gasteiger partial charge in [-0.15, -0.1) is 11.3 Å². The molecule has 0 radical (unpaired) electrons. The van der Waals surface area contributed by atoms with Gasteiger partial charge < -0.3 is 20.7 Å². The number of hydrogen-bond acceptors (Lipinski definition) is 8. The molecule has 3 N–H and O–H groups in total. The summed E-state index contributed by atoms with van der Waals surface area (Å²) in [5.41, 5.74) is 6.75. The van der Waals surface area contributed by atoms with Crippen LogP contribution in [0.25, 0.3) is 10.2 Å². The highest BCUT2D eigenvalue weighted by Gasteiger charge is 2.27. The van der Waals surface area contributed by atoms with Crippen LogP contribution in [-0.2, 0) is 16.1 Å². The van der Waals surface area contributed by atoms with E-state index in [-0.39, 0.29) is 11.9 Å². The van der Waals surface area contributed by atoms with Crippen LogP contribution >= 0.6 is 11.3 Å². The number of piperazine rings is 1. The van der Waals surface area contributed by atoms with Crippen molar-refractivity contribution in [3.63, 3.8) is 0 Å². The van der Waals surface area contributed by atoms with E-state index in [2.05, 4.69) is 29.0 Å². The molecule has 146 valence electrons. The zero-order valence-electron chi connectivity index (χ0n) is 15.8. The van der Waals surface area contributed by atoms with Gasteiger partial charge in [-0.25, -0.2) is 9.97 Å². The summed E-state index contributed by atoms with van der Waals surface area (Å²) in [5.74, 6) is 1.43. The minimum atomic E-state index is -0.355. The molecule has 0 spiro atoms. The van der Waals surface area contributed by atoms with Crippen LogP contribution in [0.1, 0.15) is 16.3 Å². The Hall–Kier alpha value is -1.81. The maximum atomic E-state index is 11.7. The Morgan fingerprint density at radius 3 is 2.81 bits per heavy atom. The predicted molar refractivity (Wildman–Crippen MR) is 106 cm³/mol. The summed E-state index contributed by atoms with van der Waals surface area (Å²) in [6.45, 7) is 10.3. The lowest BCUT2D eigenvalue weighted by molar-refractivity contribution is -0.120. The van der Waals surface area contributed by atoms with Crippen molar-refractivity contribution in [2.24, 2.45) is 5.73 Å². The number of rotatable bonds is 4. The summed E-state index contributed by atoms with van der Waals surface area (Å²) < 4.78 is 5.44. The fourth-order valence-electron chi connectivity index (χ4n) is 3.66. The van der Waals surface area contributed by atoms with Crippen LogP contribution in [0.5, 0.6) is 0 Å². The fraction of sp³-hybridized carbons (Fsp3) is 0.611. The van der Waals surface area contributed by atoms with Crippen molar-refractivity contribution in [3.05, 3.63) is 16.3 Å². The summed E-state index contributed by atoms with van der Waals surface area (Å²) in [6, 6.07) is -0.355. The van der Waals surface area contributed by atoms with E-state index in [1.807, 2.05) is 0 Å². The predicted octanol–water partition coefficient (Wildman–Crippen LogP) is 0.404. The monoisotopic (exact) mass is 390 g/mol. The van der Waals surface area contributed by atoms with Crippen LogP contribution in [-0.4, -0.2) is 72.8 Å². The lowest BCUT2D eigenvalue weighted by Crippen LogP contribution is -2.56. The highest BCUT2D eigenvalue weighted by atomic mass is 32.1. The molecule has 4 rings (SSSR count). The zero-order valence-corrected chi connectivity index (χ0v) is 16.6. The molecule has 1 unspecified atom stereocenters. The van der Waals surface area contributed by atoms with Crippen LogP contribution in [0.3, 0.4) is 0 Å². The van der Waals surface area contributed by atoms with Crippen molar-refractivity contribution in [2.45, 2.75) is 26.4 Å². The minimum Gasteiger partial charge on any atom is -0.379 e. The smallest absolute Gasteiger partial charge is 0.236 e. The number of ether oxygens (including phenoxy) is 1. The number of amides is 1. The van der Waals surface area contributed by atoms with Gasteiger partial charge in [0.15, 0.2) is 0 Å². The normalized spacial score (nSPS) is 21.7. The molecular weight excluding hydrogens is 364 g/mol. The molecule has 8 nitrogen and oxygen atoms in total. The molecule has 27 heavy (non-hydrogen) atoms. The van der Waals surface area contributed by atoms with Gasteiger partial charge in [-0.2, -0.15) is 0 Å². The summed E-state index contributed by atoms with van der Waals surface area (Å²) >= 11 is 1.71. The Bertz CT molecular complexity index is 848. The lowest BCUT2D eigenvalue weighted by Gasteiger charge is -2.33. The third kappa shape index (κ3) is 3.77. The standard InChI is InChI=1S/C18H26N6O2S/c1-11-12(2)27-18-15(11)17(24-4-3-20-13(9-24)16(19)25)21-14(22-18)10-23-5-7-26-8-6-23/h13,20H,3-10H2,1-2H3,(H2,19,25). The van der Waals surface area contributed by atoms with Crippen molar-refractivity contribution in [1.82, 2.24) is 20.2 Å². The molecule has 1 amide bonds. The first kappa shape index (κ1) is 18.5. The quantitative estimate of drug-likeness (QED) is 0.780. The SMILES string of the molecule is Cc1sc2nc(CN3CCOCC3)nc(N3CCNC(C(N)=O)C3)c2c1C. The molecule has 0 aliphatic carbocycles. The van der Waals surface area contributed by atoms with E-state index < -0.39 is 0 Å². The van der Waals surface area contributed by atoms with Crippen molar-refractivity contribution in [3.8, 4) is 0 Å². The number of carbonyl (C=O) groups excluding carboxylic acids is 1. The van der Waals surface area contributed by atoms with Crippen molar-refractivity contribution in [2.75, 3.05) is 50.8 Å². The average molecular weight is 391 g/mol. The van der Waals surface area contributed by atoms with Crippen LogP contribution in [0.4, 0.5) is 5.82 Å². The first-order chi connectivity index (χ1) is 13.0. The molecule has 9 heteroatoms. The number of nitrogens with zero attached hydrogens (tertiary/aromatic N) is 4. The van der Waals surface area contributed by atoms with Gasteiger partial charge in [-0.3, -0.25) is 9.69 Å². The number of nitrogens with two attached hydrogens (primary N) is 1. The second-order valence-corrected chi connectivity index (χ2v) is 8.37. The molecule has 2 aromatic rings. The van der Waals surface area contributed by atoms with E-state index in [1.54, 1.807) is 11.3 Å². The molecule has 2 aliphatic heterocycles. The summed E-state index contributed by atoms with van der Waals surface area (Å²) in [5, 5.41) is 4.29. The Labute approximate surface area is 162 Å². The van der Waals surface area contributed by atoms with E-state index in [1.165, 1.54) is 10.4 Å². The molecule has 1 atom stereocenters. The van der Waals surface area contributed by atoms with Gasteiger partial charge >= 0.3 is 0 Å². The first-order valence-electron chi connectivity index (χ1n) is 9.37. The van der Waals surface area contributed by atoms with Gasteiger partial charge in [0.1, 0.15) is 22.5 Å². The topological polar surface area (TPSA) is 96.6 Å². The van der Waals surface area contributed by atoms with Gasteiger partial charge in [-0.05, 0) is 19.4 Å². The van der Waals surface area contributed by atoms with Crippen LogP contribution in [0.2, 0.25) is 0 Å². The highest BCUT2D eigenvalue weighted by molar-refractivity contribution is 7.18. The van der Waals surface area contributed by atoms with E-state index in [9.17, 15) is 4.79 Å². The minimum absolute atomic E-state index is 0.322. The number of anilines is 1. The first-order valence-corrected chi connectivity index (χ1v) is 10.2. The van der Waals surface area contributed by atoms with Crippen LogP contribution in [0, 0.1) is 13.8 Å². The number of morpholine rings is 1. The molecule has 2 aromatic heterocycles. The number of fused-ring (bicyclic) bond motifs is 1. The number of carbonyl (C=O) groups is 1. The second-order valence-electron chi connectivity index (χ2n) is 7.17. The van der Waals surface area contributed by atoms with E-state index in [0.29, 0.717) is 19.6 Å². The Balaban J connectivity index is 1.71. The number of hydrogen-bond donors (Lipinski definition) is 2. The molecule has 0 saturated carbocycles. The van der Waals surface area contributed by atoms with Crippen LogP contribution in [0.15, 0.2) is 0 Å². The van der Waals surface area contributed by atoms with Gasteiger partial charge in [-0.1, -0.05) is 0 Å². The van der Waals surface area contributed by atoms with Gasteiger partial charge in [0.05, 0.1) is 25.1 Å².